The van der Waals surface area contributed by atoms with Crippen LogP contribution in [0.2, 0.25) is 0 Å². The van der Waals surface area contributed by atoms with Crippen molar-refractivity contribution < 1.29 is 0 Å². The van der Waals surface area contributed by atoms with Gasteiger partial charge >= 0.3 is 0 Å². The molecule has 0 aromatic carbocycles. The van der Waals surface area contributed by atoms with Crippen LogP contribution in [0.4, 0.5) is 0 Å². The third-order valence-corrected chi connectivity index (χ3v) is 3.71. The van der Waals surface area contributed by atoms with Crippen molar-refractivity contribution in [3.63, 3.8) is 0 Å². The molecule has 100 valence electrons. The predicted octanol–water partition coefficient (Wildman–Crippen LogP) is 2.71. The Labute approximate surface area is 122 Å². The molecule has 1 heterocycles. The summed E-state index contributed by atoms with van der Waals surface area (Å²) in [5, 5.41) is 3.60. The Morgan fingerprint density at radius 1 is 1.47 bits per heavy atom. The van der Waals surface area contributed by atoms with Crippen molar-refractivity contribution in [2.75, 3.05) is 19.6 Å². The van der Waals surface area contributed by atoms with E-state index in [1.165, 1.54) is 12.8 Å². The zero-order valence-electron chi connectivity index (χ0n) is 11.5. The fourth-order valence-corrected chi connectivity index (χ4v) is 2.37. The van der Waals surface area contributed by atoms with Gasteiger partial charge in [-0.1, -0.05) is 20.8 Å². The summed E-state index contributed by atoms with van der Waals surface area (Å²) >= 11 is 0. The third kappa shape index (κ3) is 4.00. The molecule has 0 aromatic heterocycles. The van der Waals surface area contributed by atoms with Crippen molar-refractivity contribution in [3.05, 3.63) is 0 Å². The van der Waals surface area contributed by atoms with Gasteiger partial charge in [-0.2, -0.15) is 0 Å². The molecule has 0 aromatic rings. The van der Waals surface area contributed by atoms with Gasteiger partial charge in [-0.15, -0.1) is 24.0 Å². The summed E-state index contributed by atoms with van der Waals surface area (Å²) in [5.74, 6) is 1.97. The molecule has 4 heteroatoms. The SMILES string of the molecule is CCN=C(NC1CC1C)N1CCC(C)(C)C1.I. The van der Waals surface area contributed by atoms with E-state index in [4.69, 9.17) is 0 Å². The molecular weight excluding hydrogens is 325 g/mol. The lowest BCUT2D eigenvalue weighted by Gasteiger charge is -2.24. The van der Waals surface area contributed by atoms with Gasteiger partial charge in [0.15, 0.2) is 5.96 Å². The number of hydrogen-bond acceptors (Lipinski definition) is 1. The standard InChI is InChI=1S/C13H25N3.HI/c1-5-14-12(15-11-8-10(11)2)16-7-6-13(3,4)9-16;/h10-11H,5-9H2,1-4H3,(H,14,15);1H. The van der Waals surface area contributed by atoms with E-state index in [1.807, 2.05) is 0 Å². The molecule has 2 rings (SSSR count). The number of aliphatic imine (C=N–C) groups is 1. The minimum absolute atomic E-state index is 0. The Hall–Kier alpha value is 0. The summed E-state index contributed by atoms with van der Waals surface area (Å²) in [5.41, 5.74) is 0.450. The molecule has 2 aliphatic rings. The zero-order chi connectivity index (χ0) is 11.8. The highest BCUT2D eigenvalue weighted by atomic mass is 127. The van der Waals surface area contributed by atoms with Crippen LogP contribution in [-0.2, 0) is 0 Å². The molecular formula is C13H26IN3. The summed E-state index contributed by atoms with van der Waals surface area (Å²) < 4.78 is 0. The maximum absolute atomic E-state index is 4.62. The molecule has 2 unspecified atom stereocenters. The van der Waals surface area contributed by atoms with Crippen LogP contribution >= 0.6 is 24.0 Å². The number of rotatable bonds is 2. The van der Waals surface area contributed by atoms with Crippen LogP contribution in [0.25, 0.3) is 0 Å². The van der Waals surface area contributed by atoms with Gasteiger partial charge in [0.05, 0.1) is 0 Å². The number of hydrogen-bond donors (Lipinski definition) is 1. The van der Waals surface area contributed by atoms with Crippen LogP contribution in [0.15, 0.2) is 4.99 Å². The molecule has 1 aliphatic carbocycles. The van der Waals surface area contributed by atoms with Crippen LogP contribution in [-0.4, -0.2) is 36.5 Å². The molecule has 3 nitrogen and oxygen atoms in total. The van der Waals surface area contributed by atoms with Crippen molar-refractivity contribution in [2.24, 2.45) is 16.3 Å². The first-order valence-electron chi connectivity index (χ1n) is 6.58. The normalized spacial score (nSPS) is 31.1. The van der Waals surface area contributed by atoms with Gasteiger partial charge < -0.3 is 10.2 Å². The third-order valence-electron chi connectivity index (χ3n) is 3.71. The van der Waals surface area contributed by atoms with E-state index < -0.39 is 0 Å². The van der Waals surface area contributed by atoms with Crippen molar-refractivity contribution >= 4 is 29.9 Å². The fraction of sp³-hybridized carbons (Fsp3) is 0.923. The summed E-state index contributed by atoms with van der Waals surface area (Å²) in [4.78, 5) is 7.04. The molecule has 1 N–H and O–H groups in total. The summed E-state index contributed by atoms with van der Waals surface area (Å²) in [6.07, 6.45) is 2.58. The Balaban J connectivity index is 0.00000144. The molecule has 1 saturated carbocycles. The van der Waals surface area contributed by atoms with Gasteiger partial charge in [0, 0.05) is 25.7 Å². The van der Waals surface area contributed by atoms with E-state index in [0.29, 0.717) is 11.5 Å². The van der Waals surface area contributed by atoms with Crippen LogP contribution < -0.4 is 5.32 Å². The monoisotopic (exact) mass is 351 g/mol. The van der Waals surface area contributed by atoms with E-state index in [0.717, 1.165) is 31.5 Å². The Kier molecular flexibility index (Phi) is 5.10. The van der Waals surface area contributed by atoms with Crippen molar-refractivity contribution in [1.29, 1.82) is 0 Å². The highest BCUT2D eigenvalue weighted by Gasteiger charge is 2.36. The van der Waals surface area contributed by atoms with Crippen molar-refractivity contribution in [3.8, 4) is 0 Å². The second-order valence-corrected chi connectivity index (χ2v) is 6.10. The Morgan fingerprint density at radius 3 is 2.53 bits per heavy atom. The largest absolute Gasteiger partial charge is 0.353 e. The number of halogens is 1. The average Bonchev–Trinajstić information content (AvgIpc) is 2.75. The van der Waals surface area contributed by atoms with Crippen LogP contribution in [0.1, 0.15) is 40.5 Å². The lowest BCUT2D eigenvalue weighted by molar-refractivity contribution is 0.369. The molecule has 2 fully saturated rings. The van der Waals surface area contributed by atoms with Gasteiger partial charge in [0.25, 0.3) is 0 Å². The number of guanidine groups is 1. The fourth-order valence-electron chi connectivity index (χ4n) is 2.37. The first-order valence-corrected chi connectivity index (χ1v) is 6.58. The first kappa shape index (κ1) is 15.1. The maximum Gasteiger partial charge on any atom is 0.194 e. The molecule has 0 spiro atoms. The second-order valence-electron chi connectivity index (χ2n) is 6.10. The Morgan fingerprint density at radius 2 is 2.12 bits per heavy atom. The molecule has 2 atom stereocenters. The minimum atomic E-state index is 0. The topological polar surface area (TPSA) is 27.6 Å². The van der Waals surface area contributed by atoms with E-state index in [1.54, 1.807) is 0 Å². The van der Waals surface area contributed by atoms with Crippen LogP contribution in [0, 0.1) is 11.3 Å². The van der Waals surface area contributed by atoms with E-state index in [2.05, 4.69) is 42.9 Å². The average molecular weight is 351 g/mol. The smallest absolute Gasteiger partial charge is 0.194 e. The first-order chi connectivity index (χ1) is 7.52. The van der Waals surface area contributed by atoms with Crippen molar-refractivity contribution in [1.82, 2.24) is 10.2 Å². The molecule has 17 heavy (non-hydrogen) atoms. The molecule has 1 aliphatic heterocycles. The van der Waals surface area contributed by atoms with Crippen LogP contribution in [0.5, 0.6) is 0 Å². The summed E-state index contributed by atoms with van der Waals surface area (Å²) in [7, 11) is 0. The molecule has 0 amide bonds. The molecule has 1 saturated heterocycles. The van der Waals surface area contributed by atoms with Gasteiger partial charge in [0.2, 0.25) is 0 Å². The lowest BCUT2D eigenvalue weighted by atomic mass is 9.93. The van der Waals surface area contributed by atoms with Crippen molar-refractivity contribution in [2.45, 2.75) is 46.6 Å². The maximum atomic E-state index is 4.62. The lowest BCUT2D eigenvalue weighted by Crippen LogP contribution is -2.42. The molecule has 0 bridgehead atoms. The second kappa shape index (κ2) is 5.76. The quantitative estimate of drug-likeness (QED) is 0.471. The van der Waals surface area contributed by atoms with Gasteiger partial charge in [-0.3, -0.25) is 4.99 Å². The highest BCUT2D eigenvalue weighted by molar-refractivity contribution is 14.0. The molecule has 0 radical (unpaired) electrons. The van der Waals surface area contributed by atoms with E-state index in [9.17, 15) is 0 Å². The summed E-state index contributed by atoms with van der Waals surface area (Å²) in [6, 6.07) is 0.675. The van der Waals surface area contributed by atoms with Gasteiger partial charge in [-0.25, -0.2) is 0 Å². The number of likely N-dealkylation sites (tertiary alicyclic amines) is 1. The number of nitrogens with zero attached hydrogens (tertiary/aromatic N) is 2. The summed E-state index contributed by atoms with van der Waals surface area (Å²) in [6.45, 7) is 12.3. The highest BCUT2D eigenvalue weighted by Crippen LogP contribution is 2.31. The van der Waals surface area contributed by atoms with E-state index in [-0.39, 0.29) is 24.0 Å². The van der Waals surface area contributed by atoms with Gasteiger partial charge in [-0.05, 0) is 31.1 Å². The minimum Gasteiger partial charge on any atom is -0.353 e. The van der Waals surface area contributed by atoms with Gasteiger partial charge in [0.1, 0.15) is 0 Å². The predicted molar refractivity (Wildman–Crippen MR) is 84.1 cm³/mol. The Bertz CT molecular complexity index is 288. The van der Waals surface area contributed by atoms with E-state index >= 15 is 0 Å². The van der Waals surface area contributed by atoms with Crippen LogP contribution in [0.3, 0.4) is 0 Å². The zero-order valence-corrected chi connectivity index (χ0v) is 13.8. The number of nitrogens with one attached hydrogen (secondary N) is 1.